The summed E-state index contributed by atoms with van der Waals surface area (Å²) in [5.41, 5.74) is 0.893. The summed E-state index contributed by atoms with van der Waals surface area (Å²) in [6.07, 6.45) is 7.75. The van der Waals surface area contributed by atoms with E-state index in [0.717, 1.165) is 62.2 Å². The SMILES string of the molecule is O=CN1CCCC12CCN(c1ncnc3[nH]ccc13)C2. The van der Waals surface area contributed by atoms with Crippen molar-refractivity contribution in [2.75, 3.05) is 24.5 Å². The minimum Gasteiger partial charge on any atom is -0.354 e. The Balaban J connectivity index is 1.68. The van der Waals surface area contributed by atoms with Crippen molar-refractivity contribution < 1.29 is 4.79 Å². The van der Waals surface area contributed by atoms with Gasteiger partial charge in [0, 0.05) is 25.8 Å². The second kappa shape index (κ2) is 4.19. The van der Waals surface area contributed by atoms with Gasteiger partial charge < -0.3 is 14.8 Å². The lowest BCUT2D eigenvalue weighted by Crippen LogP contribution is -2.45. The molecule has 2 aliphatic rings. The van der Waals surface area contributed by atoms with Crippen LogP contribution in [0.5, 0.6) is 0 Å². The molecular formula is C14H17N5O. The number of rotatable bonds is 2. The predicted molar refractivity (Wildman–Crippen MR) is 75.5 cm³/mol. The fourth-order valence-electron chi connectivity index (χ4n) is 3.71. The third-order valence-corrected chi connectivity index (χ3v) is 4.74. The second-order valence-electron chi connectivity index (χ2n) is 5.74. The first kappa shape index (κ1) is 11.7. The van der Waals surface area contributed by atoms with Gasteiger partial charge in [0.25, 0.3) is 0 Å². The van der Waals surface area contributed by atoms with E-state index < -0.39 is 0 Å². The van der Waals surface area contributed by atoms with E-state index in [4.69, 9.17) is 0 Å². The molecule has 1 atom stereocenters. The Kier molecular flexibility index (Phi) is 2.45. The van der Waals surface area contributed by atoms with Crippen molar-refractivity contribution in [1.29, 1.82) is 0 Å². The van der Waals surface area contributed by atoms with E-state index >= 15 is 0 Å². The first-order valence-corrected chi connectivity index (χ1v) is 7.07. The lowest BCUT2D eigenvalue weighted by Gasteiger charge is -2.32. The number of carbonyl (C=O) groups excluding carboxylic acids is 1. The summed E-state index contributed by atoms with van der Waals surface area (Å²) in [5, 5.41) is 1.06. The van der Waals surface area contributed by atoms with Crippen LogP contribution in [0.15, 0.2) is 18.6 Å². The Hall–Kier alpha value is -2.11. The highest BCUT2D eigenvalue weighted by Gasteiger charge is 2.46. The molecule has 6 heteroatoms. The van der Waals surface area contributed by atoms with Gasteiger partial charge in [0.1, 0.15) is 17.8 Å². The molecular weight excluding hydrogens is 254 g/mol. The number of anilines is 1. The second-order valence-corrected chi connectivity index (χ2v) is 5.74. The molecule has 1 spiro atoms. The maximum atomic E-state index is 11.3. The highest BCUT2D eigenvalue weighted by Crippen LogP contribution is 2.39. The number of fused-ring (bicyclic) bond motifs is 1. The number of nitrogens with zero attached hydrogens (tertiary/aromatic N) is 4. The van der Waals surface area contributed by atoms with Gasteiger partial charge in [-0.1, -0.05) is 0 Å². The van der Waals surface area contributed by atoms with Gasteiger partial charge in [-0.05, 0) is 25.3 Å². The zero-order valence-corrected chi connectivity index (χ0v) is 11.2. The van der Waals surface area contributed by atoms with Gasteiger partial charge in [0.05, 0.1) is 10.9 Å². The lowest BCUT2D eigenvalue weighted by atomic mass is 9.96. The highest BCUT2D eigenvalue weighted by molar-refractivity contribution is 5.87. The average molecular weight is 271 g/mol. The van der Waals surface area contributed by atoms with E-state index in [1.54, 1.807) is 6.33 Å². The molecule has 6 nitrogen and oxygen atoms in total. The molecule has 1 N–H and O–H groups in total. The maximum absolute atomic E-state index is 11.3. The minimum absolute atomic E-state index is 0.0231. The number of hydrogen-bond donors (Lipinski definition) is 1. The molecule has 0 aromatic carbocycles. The Bertz CT molecular complexity index is 654. The normalized spacial score (nSPS) is 26.0. The largest absolute Gasteiger partial charge is 0.354 e. The van der Waals surface area contributed by atoms with Crippen LogP contribution < -0.4 is 4.90 Å². The van der Waals surface area contributed by atoms with Gasteiger partial charge in [0.15, 0.2) is 0 Å². The van der Waals surface area contributed by atoms with E-state index in [1.807, 2.05) is 17.2 Å². The number of likely N-dealkylation sites (tertiary alicyclic amines) is 1. The molecule has 4 heterocycles. The van der Waals surface area contributed by atoms with Crippen molar-refractivity contribution in [3.8, 4) is 0 Å². The van der Waals surface area contributed by atoms with E-state index in [1.165, 1.54) is 0 Å². The molecule has 2 aromatic heterocycles. The Labute approximate surface area is 116 Å². The van der Waals surface area contributed by atoms with Crippen molar-refractivity contribution >= 4 is 23.3 Å². The summed E-state index contributed by atoms with van der Waals surface area (Å²) in [4.78, 5) is 27.3. The molecule has 2 aromatic rings. The summed E-state index contributed by atoms with van der Waals surface area (Å²) in [6.45, 7) is 2.71. The van der Waals surface area contributed by atoms with Crippen LogP contribution in [-0.2, 0) is 4.79 Å². The van der Waals surface area contributed by atoms with Gasteiger partial charge in [-0.25, -0.2) is 9.97 Å². The van der Waals surface area contributed by atoms with E-state index in [9.17, 15) is 4.79 Å². The molecule has 1 unspecified atom stereocenters. The fraction of sp³-hybridized carbons (Fsp3) is 0.500. The number of aromatic nitrogens is 3. The van der Waals surface area contributed by atoms with E-state index in [-0.39, 0.29) is 5.54 Å². The first-order chi connectivity index (χ1) is 9.82. The van der Waals surface area contributed by atoms with Gasteiger partial charge in [0.2, 0.25) is 6.41 Å². The summed E-state index contributed by atoms with van der Waals surface area (Å²) >= 11 is 0. The smallest absolute Gasteiger partial charge is 0.210 e. The number of carbonyl (C=O) groups is 1. The zero-order valence-electron chi connectivity index (χ0n) is 11.2. The van der Waals surface area contributed by atoms with Gasteiger partial charge in [-0.2, -0.15) is 0 Å². The molecule has 20 heavy (non-hydrogen) atoms. The monoisotopic (exact) mass is 271 g/mol. The summed E-state index contributed by atoms with van der Waals surface area (Å²) in [6, 6.07) is 2.02. The molecule has 0 aliphatic carbocycles. The summed E-state index contributed by atoms with van der Waals surface area (Å²) in [7, 11) is 0. The average Bonchev–Trinajstić information content (AvgIpc) is 3.19. The van der Waals surface area contributed by atoms with E-state index in [2.05, 4.69) is 19.9 Å². The van der Waals surface area contributed by atoms with Crippen molar-refractivity contribution in [1.82, 2.24) is 19.9 Å². The van der Waals surface area contributed by atoms with Crippen LogP contribution in [0.2, 0.25) is 0 Å². The van der Waals surface area contributed by atoms with Crippen LogP contribution in [0.25, 0.3) is 11.0 Å². The van der Waals surface area contributed by atoms with Gasteiger partial charge >= 0.3 is 0 Å². The third kappa shape index (κ3) is 1.54. The first-order valence-electron chi connectivity index (χ1n) is 7.07. The third-order valence-electron chi connectivity index (χ3n) is 4.74. The fourth-order valence-corrected chi connectivity index (χ4v) is 3.71. The van der Waals surface area contributed by atoms with E-state index in [0.29, 0.717) is 0 Å². The van der Waals surface area contributed by atoms with Crippen LogP contribution in [0.1, 0.15) is 19.3 Å². The zero-order chi connectivity index (χ0) is 13.6. The van der Waals surface area contributed by atoms with Crippen LogP contribution in [0.3, 0.4) is 0 Å². The molecule has 2 aliphatic heterocycles. The van der Waals surface area contributed by atoms with Crippen molar-refractivity contribution in [2.45, 2.75) is 24.8 Å². The molecule has 4 rings (SSSR count). The Morgan fingerprint density at radius 2 is 2.25 bits per heavy atom. The molecule has 2 fully saturated rings. The highest BCUT2D eigenvalue weighted by atomic mass is 16.1. The Morgan fingerprint density at radius 3 is 3.15 bits per heavy atom. The van der Waals surface area contributed by atoms with Gasteiger partial charge in [-0.15, -0.1) is 0 Å². The van der Waals surface area contributed by atoms with Crippen LogP contribution >= 0.6 is 0 Å². The Morgan fingerprint density at radius 1 is 1.30 bits per heavy atom. The van der Waals surface area contributed by atoms with Crippen LogP contribution in [0, 0.1) is 0 Å². The topological polar surface area (TPSA) is 65.1 Å². The minimum atomic E-state index is 0.0231. The van der Waals surface area contributed by atoms with Crippen LogP contribution in [0.4, 0.5) is 5.82 Å². The van der Waals surface area contributed by atoms with Crippen molar-refractivity contribution in [2.24, 2.45) is 0 Å². The summed E-state index contributed by atoms with van der Waals surface area (Å²) in [5.74, 6) is 0.978. The number of amides is 1. The number of H-pyrrole nitrogens is 1. The van der Waals surface area contributed by atoms with Gasteiger partial charge in [-0.3, -0.25) is 4.79 Å². The molecule has 0 saturated carbocycles. The molecule has 0 bridgehead atoms. The summed E-state index contributed by atoms with van der Waals surface area (Å²) < 4.78 is 0. The lowest BCUT2D eigenvalue weighted by molar-refractivity contribution is -0.121. The molecule has 104 valence electrons. The van der Waals surface area contributed by atoms with Crippen molar-refractivity contribution in [3.63, 3.8) is 0 Å². The molecule has 0 radical (unpaired) electrons. The molecule has 1 amide bonds. The van der Waals surface area contributed by atoms with Crippen LogP contribution in [-0.4, -0.2) is 51.4 Å². The number of aromatic amines is 1. The maximum Gasteiger partial charge on any atom is 0.210 e. The van der Waals surface area contributed by atoms with Crippen molar-refractivity contribution in [3.05, 3.63) is 18.6 Å². The predicted octanol–water partition coefficient (Wildman–Crippen LogP) is 1.16. The number of hydrogen-bond acceptors (Lipinski definition) is 4. The number of nitrogens with one attached hydrogen (secondary N) is 1. The molecule has 2 saturated heterocycles. The standard InChI is InChI=1S/C14H17N5O/c20-10-19-6-1-3-14(19)4-7-18(8-14)13-11-2-5-15-12(11)16-9-17-13/h2,5,9-10H,1,3-4,6-8H2,(H,15,16,17). The quantitative estimate of drug-likeness (QED) is 0.832.